The smallest absolute Gasteiger partial charge is 0.408 e. The lowest BCUT2D eigenvalue weighted by molar-refractivity contribution is 0.132. The summed E-state index contributed by atoms with van der Waals surface area (Å²) in [5, 5.41) is 3.81. The quantitative estimate of drug-likeness (QED) is 0.584. The molecule has 4 rings (SSSR count). The van der Waals surface area contributed by atoms with Crippen LogP contribution in [0, 0.1) is 11.8 Å². The van der Waals surface area contributed by atoms with Gasteiger partial charge in [-0.3, -0.25) is 4.98 Å². The highest BCUT2D eigenvalue weighted by Crippen LogP contribution is 2.40. The Balaban J connectivity index is 1.67. The topological polar surface area (TPSA) is 51.2 Å². The van der Waals surface area contributed by atoms with Crippen molar-refractivity contribution < 1.29 is 9.53 Å². The molecular weight excluding hydrogens is 395 g/mol. The number of aromatic nitrogens is 1. The third-order valence-corrected chi connectivity index (χ3v) is 4.90. The van der Waals surface area contributed by atoms with Gasteiger partial charge in [-0.1, -0.05) is 53.2 Å². The van der Waals surface area contributed by atoms with Crippen LogP contribution in [-0.2, 0) is 4.74 Å². The second-order valence-corrected chi connectivity index (χ2v) is 7.08. The second-order valence-electron chi connectivity index (χ2n) is 6.24. The van der Waals surface area contributed by atoms with Gasteiger partial charge in [-0.25, -0.2) is 4.79 Å². The number of nitrogens with one attached hydrogen (secondary N) is 1. The molecule has 0 unspecified atom stereocenters. The number of benzene rings is 2. The summed E-state index contributed by atoms with van der Waals surface area (Å²) in [5.74, 6) is 6.20. The largest absolute Gasteiger partial charge is 0.439 e. The minimum Gasteiger partial charge on any atom is -0.439 e. The van der Waals surface area contributed by atoms with Gasteiger partial charge in [0.05, 0.1) is 0 Å². The van der Waals surface area contributed by atoms with E-state index in [2.05, 4.69) is 22.1 Å². The number of rotatable bonds is 2. The van der Waals surface area contributed by atoms with Crippen LogP contribution in [0.2, 0.25) is 10.0 Å². The van der Waals surface area contributed by atoms with Gasteiger partial charge >= 0.3 is 6.09 Å². The van der Waals surface area contributed by atoms with Crippen molar-refractivity contribution in [2.24, 2.45) is 0 Å². The lowest BCUT2D eigenvalue weighted by Crippen LogP contribution is -2.20. The van der Waals surface area contributed by atoms with Crippen LogP contribution in [0.15, 0.2) is 67.0 Å². The molecular formula is C22H14Cl2N2O2. The van der Waals surface area contributed by atoms with Gasteiger partial charge in [0.25, 0.3) is 0 Å². The van der Waals surface area contributed by atoms with Gasteiger partial charge in [-0.2, -0.15) is 0 Å². The number of hydrogen-bond acceptors (Lipinski definition) is 3. The van der Waals surface area contributed by atoms with Crippen LogP contribution in [0.4, 0.5) is 4.79 Å². The van der Waals surface area contributed by atoms with Crippen LogP contribution in [0.3, 0.4) is 0 Å². The van der Waals surface area contributed by atoms with Gasteiger partial charge in [0.1, 0.15) is 6.04 Å². The fraction of sp³-hybridized carbons (Fsp3) is 0.0909. The molecule has 0 spiro atoms. The molecule has 0 aliphatic carbocycles. The Kier molecular flexibility index (Phi) is 5.21. The van der Waals surface area contributed by atoms with E-state index < -0.39 is 18.2 Å². The number of hydrogen-bond donors (Lipinski definition) is 1. The molecule has 1 saturated heterocycles. The van der Waals surface area contributed by atoms with Gasteiger partial charge in [0.2, 0.25) is 0 Å². The maximum Gasteiger partial charge on any atom is 0.408 e. The minimum absolute atomic E-state index is 0.450. The average Bonchev–Trinajstić information content (AvgIpc) is 3.11. The predicted octanol–water partition coefficient (Wildman–Crippen LogP) is 5.31. The Hall–Kier alpha value is -3.00. The summed E-state index contributed by atoms with van der Waals surface area (Å²) < 4.78 is 5.46. The number of nitrogens with zero attached hydrogens (tertiary/aromatic N) is 1. The van der Waals surface area contributed by atoms with Crippen LogP contribution >= 0.6 is 23.2 Å². The molecule has 6 heteroatoms. The summed E-state index contributed by atoms with van der Waals surface area (Å²) in [6, 6.07) is 16.2. The molecule has 0 radical (unpaired) electrons. The van der Waals surface area contributed by atoms with Crippen molar-refractivity contribution in [1.82, 2.24) is 10.3 Å². The van der Waals surface area contributed by atoms with Crippen molar-refractivity contribution in [1.29, 1.82) is 0 Å². The molecule has 1 fully saturated rings. The number of amides is 1. The molecule has 0 saturated carbocycles. The normalized spacial score (nSPS) is 18.0. The number of cyclic esters (lactones) is 1. The van der Waals surface area contributed by atoms with E-state index in [0.717, 1.165) is 16.7 Å². The first-order chi connectivity index (χ1) is 13.6. The number of pyridine rings is 1. The molecule has 1 amide bonds. The fourth-order valence-electron chi connectivity index (χ4n) is 3.02. The van der Waals surface area contributed by atoms with E-state index in [-0.39, 0.29) is 0 Å². The SMILES string of the molecule is O=C1N[C@H](c2cncc(C#Cc3ccccc3)c2)[C@@H](c2cc(Cl)ccc2Cl)O1. The average molecular weight is 409 g/mol. The maximum atomic E-state index is 11.9. The van der Waals surface area contributed by atoms with E-state index in [1.165, 1.54) is 0 Å². The van der Waals surface area contributed by atoms with Gasteiger partial charge in [0.15, 0.2) is 6.10 Å². The lowest BCUT2D eigenvalue weighted by atomic mass is 9.97. The second kappa shape index (κ2) is 7.93. The van der Waals surface area contributed by atoms with Crippen LogP contribution in [0.1, 0.15) is 34.4 Å². The highest BCUT2D eigenvalue weighted by Gasteiger charge is 2.38. The third kappa shape index (κ3) is 3.96. The maximum absolute atomic E-state index is 11.9. The van der Waals surface area contributed by atoms with Crippen molar-refractivity contribution in [2.75, 3.05) is 0 Å². The molecule has 1 aliphatic heterocycles. The van der Waals surface area contributed by atoms with Crippen LogP contribution in [-0.4, -0.2) is 11.1 Å². The number of alkyl carbamates (subject to hydrolysis) is 1. The molecule has 2 heterocycles. The fourth-order valence-corrected chi connectivity index (χ4v) is 3.42. The summed E-state index contributed by atoms with van der Waals surface area (Å²) >= 11 is 12.4. The number of halogens is 2. The molecule has 138 valence electrons. The highest BCUT2D eigenvalue weighted by atomic mass is 35.5. The molecule has 4 nitrogen and oxygen atoms in total. The van der Waals surface area contributed by atoms with Gasteiger partial charge < -0.3 is 10.1 Å². The number of carbonyl (C=O) groups excluding carboxylic acids is 1. The van der Waals surface area contributed by atoms with E-state index in [4.69, 9.17) is 27.9 Å². The van der Waals surface area contributed by atoms with Crippen LogP contribution in [0.25, 0.3) is 0 Å². The van der Waals surface area contributed by atoms with E-state index in [1.807, 2.05) is 36.4 Å². The Morgan fingerprint density at radius 2 is 1.75 bits per heavy atom. The molecule has 0 bridgehead atoms. The summed E-state index contributed by atoms with van der Waals surface area (Å²) in [4.78, 5) is 16.2. The molecule has 2 aromatic carbocycles. The van der Waals surface area contributed by atoms with Crippen LogP contribution < -0.4 is 5.32 Å². The van der Waals surface area contributed by atoms with Gasteiger partial charge in [-0.15, -0.1) is 0 Å². The van der Waals surface area contributed by atoms with Crippen LogP contribution in [0.5, 0.6) is 0 Å². The van der Waals surface area contributed by atoms with E-state index >= 15 is 0 Å². The number of carbonyl (C=O) groups is 1. The molecule has 2 atom stereocenters. The molecule has 28 heavy (non-hydrogen) atoms. The number of ether oxygens (including phenoxy) is 1. The zero-order chi connectivity index (χ0) is 19.5. The predicted molar refractivity (Wildman–Crippen MR) is 108 cm³/mol. The third-order valence-electron chi connectivity index (χ3n) is 4.32. The van der Waals surface area contributed by atoms with Gasteiger partial charge in [-0.05, 0) is 42.0 Å². The van der Waals surface area contributed by atoms with E-state index in [9.17, 15) is 4.79 Å². The monoisotopic (exact) mass is 408 g/mol. The van der Waals surface area contributed by atoms with Crippen molar-refractivity contribution in [3.05, 3.63) is 99.3 Å². The molecule has 3 aromatic rings. The zero-order valence-electron chi connectivity index (χ0n) is 14.5. The zero-order valence-corrected chi connectivity index (χ0v) is 16.0. The first-order valence-corrected chi connectivity index (χ1v) is 9.30. The van der Waals surface area contributed by atoms with Crippen molar-refractivity contribution in [2.45, 2.75) is 12.1 Å². The van der Waals surface area contributed by atoms with E-state index in [0.29, 0.717) is 15.6 Å². The molecule has 1 aliphatic rings. The highest BCUT2D eigenvalue weighted by molar-refractivity contribution is 6.33. The van der Waals surface area contributed by atoms with Gasteiger partial charge in [0, 0.05) is 39.1 Å². The van der Waals surface area contributed by atoms with Crippen molar-refractivity contribution >= 4 is 29.3 Å². The lowest BCUT2D eigenvalue weighted by Gasteiger charge is -2.19. The Labute approximate surface area is 172 Å². The first-order valence-electron chi connectivity index (χ1n) is 8.54. The van der Waals surface area contributed by atoms with Crippen molar-refractivity contribution in [3.8, 4) is 11.8 Å². The Morgan fingerprint density at radius 1 is 0.964 bits per heavy atom. The van der Waals surface area contributed by atoms with Crippen molar-refractivity contribution in [3.63, 3.8) is 0 Å². The molecule has 1 aromatic heterocycles. The standard InChI is InChI=1S/C22H14Cl2N2O2/c23-17-8-9-19(24)18(11-17)21-20(26-22(27)28-21)16-10-15(12-25-13-16)7-6-14-4-2-1-3-5-14/h1-5,8-13,20-21H,(H,26,27)/t20-,21-/m1/s1. The summed E-state index contributed by atoms with van der Waals surface area (Å²) in [6.45, 7) is 0. The minimum atomic E-state index is -0.613. The summed E-state index contributed by atoms with van der Waals surface area (Å²) in [5.41, 5.74) is 3.05. The Morgan fingerprint density at radius 3 is 2.57 bits per heavy atom. The summed E-state index contributed by atoms with van der Waals surface area (Å²) in [6.07, 6.45) is 2.22. The first kappa shape index (κ1) is 18.4. The molecule has 1 N–H and O–H groups in total. The Bertz CT molecular complexity index is 1090. The summed E-state index contributed by atoms with van der Waals surface area (Å²) in [7, 11) is 0. The van der Waals surface area contributed by atoms with E-state index in [1.54, 1.807) is 30.6 Å².